The van der Waals surface area contributed by atoms with Crippen molar-refractivity contribution in [2.45, 2.75) is 42.7 Å². The lowest BCUT2D eigenvalue weighted by Crippen LogP contribution is -2.46. The highest BCUT2D eigenvalue weighted by Gasteiger charge is 2.29. The minimum absolute atomic E-state index is 0.00860. The summed E-state index contributed by atoms with van der Waals surface area (Å²) in [4.78, 5) is 29.7. The number of carbonyl (C=O) groups is 1. The molecule has 1 saturated carbocycles. The molecule has 13 heteroatoms. The van der Waals surface area contributed by atoms with E-state index in [1.807, 2.05) is 16.9 Å². The zero-order valence-electron chi connectivity index (χ0n) is 23.9. The summed E-state index contributed by atoms with van der Waals surface area (Å²) in [6, 6.07) is 17.6. The lowest BCUT2D eigenvalue weighted by molar-refractivity contribution is -0.384. The first-order valence-electron chi connectivity index (χ1n) is 14.5. The normalized spacial score (nSPS) is 19.4. The molecular weight excluding hydrogens is 586 g/mol. The van der Waals surface area contributed by atoms with Crippen molar-refractivity contribution >= 4 is 38.2 Å². The van der Waals surface area contributed by atoms with Gasteiger partial charge in [-0.3, -0.25) is 19.8 Å². The van der Waals surface area contributed by atoms with Crippen molar-refractivity contribution in [3.8, 4) is 11.5 Å². The molecule has 1 aliphatic carbocycles. The average Bonchev–Trinajstić information content (AvgIpc) is 3.50. The number of nitro groups is 1. The Hall–Kier alpha value is -4.46. The van der Waals surface area contributed by atoms with Crippen LogP contribution in [0.15, 0.2) is 77.8 Å². The predicted octanol–water partition coefficient (Wildman–Crippen LogP) is 5.04. The van der Waals surface area contributed by atoms with Crippen LogP contribution in [-0.4, -0.2) is 67.5 Å². The van der Waals surface area contributed by atoms with E-state index in [4.69, 9.17) is 9.47 Å². The van der Waals surface area contributed by atoms with E-state index in [0.29, 0.717) is 11.8 Å². The number of aromatic nitrogens is 1. The summed E-state index contributed by atoms with van der Waals surface area (Å²) in [7, 11) is -4.45. The van der Waals surface area contributed by atoms with Gasteiger partial charge in [-0.1, -0.05) is 12.1 Å². The number of nitro benzene ring substituents is 1. The number of fused-ring (bicyclic) bond motifs is 1. The second kappa shape index (κ2) is 12.6. The fourth-order valence-corrected chi connectivity index (χ4v) is 6.89. The van der Waals surface area contributed by atoms with Gasteiger partial charge in [0.2, 0.25) is 0 Å². The summed E-state index contributed by atoms with van der Waals surface area (Å²) in [6.45, 7) is 3.32. The van der Waals surface area contributed by atoms with Crippen molar-refractivity contribution < 1.29 is 27.6 Å². The lowest BCUT2D eigenvalue weighted by atomic mass is 9.89. The Morgan fingerprint density at radius 3 is 2.55 bits per heavy atom. The Morgan fingerprint density at radius 2 is 1.77 bits per heavy atom. The van der Waals surface area contributed by atoms with Gasteiger partial charge in [0.15, 0.2) is 0 Å². The standard InChI is InChI=1S/C31H33N5O7S/c37-31(26-3-1-2-4-30(26)43-24-9-11-27-21(19-24)13-14-32-27)34-44(40,41)25-10-12-28(29(20-25)36(38)39)33-22-5-7-23(8-6-22)35-15-17-42-18-16-35/h1-4,9-14,19-20,22-23,32-33H,5-8,15-18H2,(H,34,37). The largest absolute Gasteiger partial charge is 0.457 e. The molecular formula is C31H33N5O7S. The fraction of sp³-hybridized carbons (Fsp3) is 0.323. The number of rotatable bonds is 9. The highest BCUT2D eigenvalue weighted by molar-refractivity contribution is 7.90. The molecule has 4 aromatic rings. The number of para-hydroxylation sites is 1. The number of sulfonamides is 1. The summed E-state index contributed by atoms with van der Waals surface area (Å²) in [5, 5.41) is 16.1. The van der Waals surface area contributed by atoms with Gasteiger partial charge < -0.3 is 19.8 Å². The Balaban J connectivity index is 1.14. The first-order chi connectivity index (χ1) is 21.3. The molecule has 230 valence electrons. The number of hydrogen-bond acceptors (Lipinski definition) is 9. The maximum Gasteiger partial charge on any atom is 0.293 e. The van der Waals surface area contributed by atoms with Gasteiger partial charge in [0.05, 0.1) is 28.6 Å². The molecule has 3 aromatic carbocycles. The molecule has 1 aliphatic heterocycles. The molecule has 44 heavy (non-hydrogen) atoms. The minimum atomic E-state index is -4.45. The van der Waals surface area contributed by atoms with E-state index in [1.165, 1.54) is 18.2 Å². The number of carbonyl (C=O) groups excluding carboxylic acids is 1. The Bertz CT molecular complexity index is 1780. The number of nitrogens with one attached hydrogen (secondary N) is 3. The SMILES string of the molecule is O=C(NS(=O)(=O)c1ccc(NC2CCC(N3CCOCC3)CC2)c([N+](=O)[O-])c1)c1ccccc1Oc1ccc2[nH]ccc2c1. The highest BCUT2D eigenvalue weighted by atomic mass is 32.2. The van der Waals surface area contributed by atoms with Crippen molar-refractivity contribution in [1.82, 2.24) is 14.6 Å². The number of hydrogen-bond donors (Lipinski definition) is 3. The van der Waals surface area contributed by atoms with Gasteiger partial charge in [-0.2, -0.15) is 0 Å². The zero-order valence-corrected chi connectivity index (χ0v) is 24.7. The summed E-state index contributed by atoms with van der Waals surface area (Å²) in [5.41, 5.74) is 0.777. The first-order valence-corrected chi connectivity index (χ1v) is 16.0. The van der Waals surface area contributed by atoms with E-state index >= 15 is 0 Å². The van der Waals surface area contributed by atoms with E-state index in [2.05, 4.69) is 15.2 Å². The smallest absolute Gasteiger partial charge is 0.293 e. The molecule has 12 nitrogen and oxygen atoms in total. The highest BCUT2D eigenvalue weighted by Crippen LogP contribution is 2.33. The third-order valence-electron chi connectivity index (χ3n) is 8.21. The van der Waals surface area contributed by atoms with Gasteiger partial charge in [0.1, 0.15) is 17.2 Å². The number of aromatic amines is 1. The van der Waals surface area contributed by atoms with Crippen molar-refractivity contribution in [3.63, 3.8) is 0 Å². The number of nitrogens with zero attached hydrogens (tertiary/aromatic N) is 2. The minimum Gasteiger partial charge on any atom is -0.457 e. The second-order valence-corrected chi connectivity index (χ2v) is 12.7. The summed E-state index contributed by atoms with van der Waals surface area (Å²) < 4.78 is 39.9. The number of amides is 1. The number of ether oxygens (including phenoxy) is 2. The molecule has 0 spiro atoms. The average molecular weight is 620 g/mol. The Morgan fingerprint density at radius 1 is 1.00 bits per heavy atom. The van der Waals surface area contributed by atoms with Crippen molar-refractivity contribution in [2.24, 2.45) is 0 Å². The van der Waals surface area contributed by atoms with Gasteiger partial charge in [0, 0.05) is 48.3 Å². The second-order valence-electron chi connectivity index (χ2n) is 11.0. The van der Waals surface area contributed by atoms with Crippen LogP contribution in [0.2, 0.25) is 0 Å². The molecule has 1 amide bonds. The van der Waals surface area contributed by atoms with Crippen LogP contribution in [0.5, 0.6) is 11.5 Å². The van der Waals surface area contributed by atoms with E-state index in [0.717, 1.165) is 69.0 Å². The number of morpholine rings is 1. The Kier molecular flexibility index (Phi) is 8.51. The summed E-state index contributed by atoms with van der Waals surface area (Å²) in [5.74, 6) is -0.303. The molecule has 6 rings (SSSR count). The van der Waals surface area contributed by atoms with Gasteiger partial charge >= 0.3 is 0 Å². The van der Waals surface area contributed by atoms with Crippen LogP contribution in [0, 0.1) is 10.1 Å². The third kappa shape index (κ3) is 6.54. The molecule has 1 aromatic heterocycles. The van der Waals surface area contributed by atoms with E-state index in [9.17, 15) is 23.3 Å². The molecule has 0 radical (unpaired) electrons. The molecule has 0 unspecified atom stereocenters. The monoisotopic (exact) mass is 619 g/mol. The fourth-order valence-electron chi connectivity index (χ4n) is 5.90. The van der Waals surface area contributed by atoms with Gasteiger partial charge in [-0.15, -0.1) is 0 Å². The zero-order chi connectivity index (χ0) is 30.7. The van der Waals surface area contributed by atoms with E-state index in [-0.39, 0.29) is 28.7 Å². The Labute approximate surface area is 254 Å². The first kappa shape index (κ1) is 29.6. The summed E-state index contributed by atoms with van der Waals surface area (Å²) >= 11 is 0. The summed E-state index contributed by atoms with van der Waals surface area (Å²) in [6.07, 6.45) is 5.42. The van der Waals surface area contributed by atoms with Gasteiger partial charge in [-0.25, -0.2) is 13.1 Å². The van der Waals surface area contributed by atoms with Crippen molar-refractivity contribution in [3.05, 3.63) is 88.6 Å². The van der Waals surface area contributed by atoms with Gasteiger partial charge in [0.25, 0.3) is 21.6 Å². The number of H-pyrrole nitrogens is 1. The lowest BCUT2D eigenvalue weighted by Gasteiger charge is -2.39. The van der Waals surface area contributed by atoms with Crippen LogP contribution in [0.3, 0.4) is 0 Å². The maximum absolute atomic E-state index is 13.2. The topological polar surface area (TPSA) is 156 Å². The van der Waals surface area contributed by atoms with Crippen molar-refractivity contribution in [1.29, 1.82) is 0 Å². The quantitative estimate of drug-likeness (QED) is 0.172. The molecule has 1 saturated heterocycles. The van der Waals surface area contributed by atoms with Gasteiger partial charge in [-0.05, 0) is 74.2 Å². The molecule has 0 atom stereocenters. The maximum atomic E-state index is 13.2. The van der Waals surface area contributed by atoms with Crippen LogP contribution < -0.4 is 14.8 Å². The van der Waals surface area contributed by atoms with Crippen molar-refractivity contribution in [2.75, 3.05) is 31.6 Å². The number of benzene rings is 3. The number of anilines is 1. The van der Waals surface area contributed by atoms with E-state index in [1.54, 1.807) is 36.5 Å². The third-order valence-corrected chi connectivity index (χ3v) is 9.53. The van der Waals surface area contributed by atoms with Crippen LogP contribution in [0.4, 0.5) is 11.4 Å². The van der Waals surface area contributed by atoms with Crippen LogP contribution in [0.25, 0.3) is 10.9 Å². The van der Waals surface area contributed by atoms with Crippen LogP contribution in [0.1, 0.15) is 36.0 Å². The molecule has 2 heterocycles. The van der Waals surface area contributed by atoms with Crippen LogP contribution in [-0.2, 0) is 14.8 Å². The molecule has 2 aliphatic rings. The molecule has 0 bridgehead atoms. The predicted molar refractivity (Wildman–Crippen MR) is 165 cm³/mol. The van der Waals surface area contributed by atoms with Crippen LogP contribution >= 0.6 is 0 Å². The molecule has 3 N–H and O–H groups in total. The van der Waals surface area contributed by atoms with E-state index < -0.39 is 25.7 Å². The molecule has 2 fully saturated rings.